The van der Waals surface area contributed by atoms with Crippen molar-refractivity contribution < 1.29 is 4.74 Å². The van der Waals surface area contributed by atoms with Gasteiger partial charge in [-0.1, -0.05) is 6.92 Å². The third kappa shape index (κ3) is 8.10. The monoisotopic (exact) mass is 370 g/mol. The molecule has 0 spiro atoms. The largest absolute Gasteiger partial charge is 0.379 e. The summed E-state index contributed by atoms with van der Waals surface area (Å²) in [6, 6.07) is 0. The molecule has 108 valence electrons. The quantitative estimate of drug-likeness (QED) is 0.415. The molecule has 0 radical (unpaired) electrons. The minimum absolute atomic E-state index is 0. The summed E-state index contributed by atoms with van der Waals surface area (Å²) >= 11 is 0. The SMILES string of the molecule is CCCN=C(NCC)NCCN1CCOCC1.I. The highest BCUT2D eigenvalue weighted by Crippen LogP contribution is 1.94. The molecule has 0 saturated carbocycles. The van der Waals surface area contributed by atoms with Gasteiger partial charge in [0.25, 0.3) is 0 Å². The molecule has 18 heavy (non-hydrogen) atoms. The number of aliphatic imine (C=N–C) groups is 1. The number of nitrogens with one attached hydrogen (secondary N) is 2. The van der Waals surface area contributed by atoms with Gasteiger partial charge in [-0.25, -0.2) is 0 Å². The van der Waals surface area contributed by atoms with Crippen molar-refractivity contribution in [2.45, 2.75) is 20.3 Å². The van der Waals surface area contributed by atoms with Gasteiger partial charge in [-0.3, -0.25) is 9.89 Å². The van der Waals surface area contributed by atoms with Crippen LogP contribution in [0.3, 0.4) is 0 Å². The van der Waals surface area contributed by atoms with Crippen molar-refractivity contribution in [1.82, 2.24) is 15.5 Å². The molecule has 0 aliphatic carbocycles. The summed E-state index contributed by atoms with van der Waals surface area (Å²) < 4.78 is 5.32. The Labute approximate surface area is 128 Å². The van der Waals surface area contributed by atoms with Crippen LogP contribution >= 0.6 is 24.0 Å². The predicted octanol–water partition coefficient (Wildman–Crippen LogP) is 0.902. The zero-order chi connectivity index (χ0) is 12.3. The Balaban J connectivity index is 0.00000289. The number of guanidine groups is 1. The van der Waals surface area contributed by atoms with Gasteiger partial charge in [0, 0.05) is 39.3 Å². The fourth-order valence-corrected chi connectivity index (χ4v) is 1.72. The summed E-state index contributed by atoms with van der Waals surface area (Å²) in [6.07, 6.45) is 1.08. The van der Waals surface area contributed by atoms with Gasteiger partial charge in [-0.2, -0.15) is 0 Å². The number of hydrogen-bond donors (Lipinski definition) is 2. The van der Waals surface area contributed by atoms with E-state index in [2.05, 4.69) is 34.4 Å². The number of rotatable bonds is 6. The molecule has 0 aromatic heterocycles. The van der Waals surface area contributed by atoms with E-state index in [1.807, 2.05) is 0 Å². The van der Waals surface area contributed by atoms with Gasteiger partial charge < -0.3 is 15.4 Å². The predicted molar refractivity (Wildman–Crippen MR) is 86.9 cm³/mol. The molecule has 1 heterocycles. The van der Waals surface area contributed by atoms with Crippen molar-refractivity contribution in [2.75, 3.05) is 52.5 Å². The van der Waals surface area contributed by atoms with Gasteiger partial charge in [0.15, 0.2) is 5.96 Å². The summed E-state index contributed by atoms with van der Waals surface area (Å²) in [5, 5.41) is 6.61. The molecule has 6 heteroatoms. The van der Waals surface area contributed by atoms with E-state index in [0.717, 1.165) is 64.9 Å². The normalized spacial score (nSPS) is 17.1. The molecule has 0 aromatic rings. The lowest BCUT2D eigenvalue weighted by Gasteiger charge is -2.26. The topological polar surface area (TPSA) is 48.9 Å². The Bertz CT molecular complexity index is 220. The zero-order valence-corrected chi connectivity index (χ0v) is 13.9. The van der Waals surface area contributed by atoms with Crippen LogP contribution in [0, 0.1) is 0 Å². The van der Waals surface area contributed by atoms with Crippen molar-refractivity contribution >= 4 is 29.9 Å². The Morgan fingerprint density at radius 1 is 1.22 bits per heavy atom. The molecule has 0 atom stereocenters. The van der Waals surface area contributed by atoms with Crippen LogP contribution in [0.25, 0.3) is 0 Å². The first kappa shape index (κ1) is 17.9. The van der Waals surface area contributed by atoms with Crippen molar-refractivity contribution in [1.29, 1.82) is 0 Å². The summed E-state index contributed by atoms with van der Waals surface area (Å²) in [4.78, 5) is 6.88. The summed E-state index contributed by atoms with van der Waals surface area (Å²) in [7, 11) is 0. The smallest absolute Gasteiger partial charge is 0.191 e. The van der Waals surface area contributed by atoms with Crippen molar-refractivity contribution in [2.24, 2.45) is 4.99 Å². The zero-order valence-electron chi connectivity index (χ0n) is 11.6. The number of halogens is 1. The molecule has 0 bridgehead atoms. The summed E-state index contributed by atoms with van der Waals surface area (Å²) in [6.45, 7) is 11.8. The van der Waals surface area contributed by atoms with Crippen LogP contribution in [-0.2, 0) is 4.74 Å². The molecule has 2 N–H and O–H groups in total. The van der Waals surface area contributed by atoms with Crippen LogP contribution in [0.15, 0.2) is 4.99 Å². The second-order valence-electron chi connectivity index (χ2n) is 4.14. The first-order chi connectivity index (χ1) is 8.36. The third-order valence-electron chi connectivity index (χ3n) is 2.66. The molecule has 1 rings (SSSR count). The maximum atomic E-state index is 5.32. The van der Waals surface area contributed by atoms with E-state index in [1.54, 1.807) is 0 Å². The lowest BCUT2D eigenvalue weighted by Crippen LogP contribution is -2.44. The first-order valence-corrected chi connectivity index (χ1v) is 6.69. The van der Waals surface area contributed by atoms with Gasteiger partial charge in [-0.15, -0.1) is 24.0 Å². The van der Waals surface area contributed by atoms with Crippen LogP contribution in [0.4, 0.5) is 0 Å². The summed E-state index contributed by atoms with van der Waals surface area (Å²) in [5.41, 5.74) is 0. The number of hydrogen-bond acceptors (Lipinski definition) is 3. The van der Waals surface area contributed by atoms with Gasteiger partial charge in [-0.05, 0) is 13.3 Å². The highest BCUT2D eigenvalue weighted by molar-refractivity contribution is 14.0. The molecule has 1 fully saturated rings. The lowest BCUT2D eigenvalue weighted by molar-refractivity contribution is 0.0389. The molecule has 1 aliphatic rings. The Hall–Kier alpha value is -0.0800. The van der Waals surface area contributed by atoms with Crippen molar-refractivity contribution in [3.63, 3.8) is 0 Å². The van der Waals surface area contributed by atoms with Crippen LogP contribution in [0.5, 0.6) is 0 Å². The average Bonchev–Trinajstić information content (AvgIpc) is 2.37. The van der Waals surface area contributed by atoms with Gasteiger partial charge >= 0.3 is 0 Å². The number of nitrogens with zero attached hydrogens (tertiary/aromatic N) is 2. The Kier molecular flexibility index (Phi) is 11.9. The van der Waals surface area contributed by atoms with Crippen LogP contribution in [0.2, 0.25) is 0 Å². The van der Waals surface area contributed by atoms with Crippen LogP contribution < -0.4 is 10.6 Å². The van der Waals surface area contributed by atoms with E-state index in [0.29, 0.717) is 0 Å². The molecule has 5 nitrogen and oxygen atoms in total. The second-order valence-corrected chi connectivity index (χ2v) is 4.14. The maximum absolute atomic E-state index is 5.32. The van der Waals surface area contributed by atoms with Gasteiger partial charge in [0.1, 0.15) is 0 Å². The van der Waals surface area contributed by atoms with Gasteiger partial charge in [0.2, 0.25) is 0 Å². The Morgan fingerprint density at radius 3 is 2.56 bits per heavy atom. The maximum Gasteiger partial charge on any atom is 0.191 e. The highest BCUT2D eigenvalue weighted by atomic mass is 127. The minimum atomic E-state index is 0. The minimum Gasteiger partial charge on any atom is -0.379 e. The number of ether oxygens (including phenoxy) is 1. The first-order valence-electron chi connectivity index (χ1n) is 6.69. The van der Waals surface area contributed by atoms with Crippen LogP contribution in [-0.4, -0.2) is 63.3 Å². The van der Waals surface area contributed by atoms with E-state index in [4.69, 9.17) is 4.74 Å². The average molecular weight is 370 g/mol. The van der Waals surface area contributed by atoms with E-state index in [1.165, 1.54) is 0 Å². The van der Waals surface area contributed by atoms with E-state index in [9.17, 15) is 0 Å². The van der Waals surface area contributed by atoms with E-state index < -0.39 is 0 Å². The summed E-state index contributed by atoms with van der Waals surface area (Å²) in [5.74, 6) is 0.933. The second kappa shape index (κ2) is 12.0. The van der Waals surface area contributed by atoms with E-state index in [-0.39, 0.29) is 24.0 Å². The number of morpholine rings is 1. The fourth-order valence-electron chi connectivity index (χ4n) is 1.72. The lowest BCUT2D eigenvalue weighted by atomic mass is 10.4. The molecule has 0 amide bonds. The Morgan fingerprint density at radius 2 is 1.94 bits per heavy atom. The van der Waals surface area contributed by atoms with Gasteiger partial charge in [0.05, 0.1) is 13.2 Å². The van der Waals surface area contributed by atoms with Crippen molar-refractivity contribution in [3.8, 4) is 0 Å². The van der Waals surface area contributed by atoms with E-state index >= 15 is 0 Å². The molecular weight excluding hydrogens is 343 g/mol. The van der Waals surface area contributed by atoms with Crippen LogP contribution in [0.1, 0.15) is 20.3 Å². The molecule has 1 aliphatic heterocycles. The van der Waals surface area contributed by atoms with Crippen molar-refractivity contribution in [3.05, 3.63) is 0 Å². The fraction of sp³-hybridized carbons (Fsp3) is 0.917. The molecule has 0 aromatic carbocycles. The standard InChI is InChI=1S/C12H26N4O.HI/c1-3-5-14-12(13-4-2)15-6-7-16-8-10-17-11-9-16;/h3-11H2,1-2H3,(H2,13,14,15);1H. The molecular formula is C12H27IN4O. The molecule has 1 saturated heterocycles. The third-order valence-corrected chi connectivity index (χ3v) is 2.66. The molecule has 0 unspecified atom stereocenters. The highest BCUT2D eigenvalue weighted by Gasteiger charge is 2.09.